The van der Waals surface area contributed by atoms with Gasteiger partial charge in [0.25, 0.3) is 5.91 Å². The maximum absolute atomic E-state index is 13.7. The highest BCUT2D eigenvalue weighted by atomic mass is 19.1. The average molecular weight is 430 g/mol. The quantitative estimate of drug-likeness (QED) is 0.711. The number of amides is 2. The van der Waals surface area contributed by atoms with E-state index in [1.54, 1.807) is 0 Å². The van der Waals surface area contributed by atoms with Crippen LogP contribution in [-0.4, -0.2) is 43.0 Å². The minimum Gasteiger partial charge on any atom is -0.486 e. The molecular formula is C23H24F2N2O4. The minimum atomic E-state index is -0.909. The van der Waals surface area contributed by atoms with Crippen molar-refractivity contribution in [3.8, 4) is 11.5 Å². The van der Waals surface area contributed by atoms with Crippen molar-refractivity contribution < 1.29 is 27.8 Å². The van der Waals surface area contributed by atoms with E-state index in [1.165, 1.54) is 0 Å². The van der Waals surface area contributed by atoms with E-state index in [9.17, 15) is 18.4 Å². The van der Waals surface area contributed by atoms with E-state index in [4.69, 9.17) is 9.47 Å². The Morgan fingerprint density at radius 3 is 2.68 bits per heavy atom. The van der Waals surface area contributed by atoms with Gasteiger partial charge in [0.1, 0.15) is 24.8 Å². The molecule has 1 fully saturated rings. The fourth-order valence-electron chi connectivity index (χ4n) is 4.03. The molecule has 2 heterocycles. The standard InChI is InChI=1S/C23H24F2N2O4/c24-16-6-7-17(18(25)14-16)23(29)26-9-1-4-22(28)27-10-2-3-19(27)15-5-8-20-21(13-15)31-12-11-30-20/h5-8,13-14,19H,1-4,9-12H2,(H,26,29). The molecule has 1 atom stereocenters. The number of likely N-dealkylation sites (tertiary alicyclic amines) is 1. The Morgan fingerprint density at radius 2 is 1.87 bits per heavy atom. The van der Waals surface area contributed by atoms with Crippen molar-refractivity contribution in [1.82, 2.24) is 10.2 Å². The molecule has 0 radical (unpaired) electrons. The molecule has 164 valence electrons. The van der Waals surface area contributed by atoms with E-state index in [2.05, 4.69) is 5.32 Å². The number of nitrogens with one attached hydrogen (secondary N) is 1. The van der Waals surface area contributed by atoms with E-state index >= 15 is 0 Å². The molecule has 8 heteroatoms. The van der Waals surface area contributed by atoms with Gasteiger partial charge in [0.05, 0.1) is 11.6 Å². The average Bonchev–Trinajstić information content (AvgIpc) is 3.26. The van der Waals surface area contributed by atoms with E-state index in [-0.39, 0.29) is 30.5 Å². The van der Waals surface area contributed by atoms with Gasteiger partial charge < -0.3 is 19.7 Å². The summed E-state index contributed by atoms with van der Waals surface area (Å²) >= 11 is 0. The number of fused-ring (bicyclic) bond motifs is 1. The summed E-state index contributed by atoms with van der Waals surface area (Å²) in [5.41, 5.74) is 0.807. The Bertz CT molecular complexity index is 982. The van der Waals surface area contributed by atoms with Crippen LogP contribution in [0.2, 0.25) is 0 Å². The minimum absolute atomic E-state index is 0.00812. The van der Waals surface area contributed by atoms with Gasteiger partial charge in [0.15, 0.2) is 11.5 Å². The number of carbonyl (C=O) groups excluding carboxylic acids is 2. The van der Waals surface area contributed by atoms with Crippen LogP contribution in [0.4, 0.5) is 8.78 Å². The maximum Gasteiger partial charge on any atom is 0.254 e. The van der Waals surface area contributed by atoms with E-state index in [0.717, 1.165) is 36.3 Å². The van der Waals surface area contributed by atoms with E-state index in [0.29, 0.717) is 38.0 Å². The monoisotopic (exact) mass is 430 g/mol. The summed E-state index contributed by atoms with van der Waals surface area (Å²) in [5.74, 6) is -0.830. The van der Waals surface area contributed by atoms with Crippen molar-refractivity contribution in [3.63, 3.8) is 0 Å². The van der Waals surface area contributed by atoms with Crippen LogP contribution in [0, 0.1) is 11.6 Å². The molecule has 0 aliphatic carbocycles. The maximum atomic E-state index is 13.7. The lowest BCUT2D eigenvalue weighted by Gasteiger charge is -2.27. The molecule has 0 aromatic heterocycles. The summed E-state index contributed by atoms with van der Waals surface area (Å²) in [7, 11) is 0. The van der Waals surface area contributed by atoms with E-state index < -0.39 is 17.5 Å². The molecule has 31 heavy (non-hydrogen) atoms. The molecule has 2 aromatic carbocycles. The Balaban J connectivity index is 1.29. The van der Waals surface area contributed by atoms with Gasteiger partial charge in [0, 0.05) is 25.6 Å². The first kappa shape index (κ1) is 21.1. The van der Waals surface area contributed by atoms with Gasteiger partial charge >= 0.3 is 0 Å². The number of benzene rings is 2. The number of halogens is 2. The second kappa shape index (κ2) is 9.32. The number of hydrogen-bond acceptors (Lipinski definition) is 4. The van der Waals surface area contributed by atoms with Crippen LogP contribution in [0.25, 0.3) is 0 Å². The van der Waals surface area contributed by atoms with Crippen LogP contribution in [0.3, 0.4) is 0 Å². The fourth-order valence-corrected chi connectivity index (χ4v) is 4.03. The first-order valence-electron chi connectivity index (χ1n) is 10.4. The Morgan fingerprint density at radius 1 is 1.06 bits per heavy atom. The second-order valence-electron chi connectivity index (χ2n) is 7.63. The van der Waals surface area contributed by atoms with Gasteiger partial charge in [-0.3, -0.25) is 9.59 Å². The zero-order valence-corrected chi connectivity index (χ0v) is 17.0. The number of carbonyl (C=O) groups is 2. The molecule has 1 saturated heterocycles. The number of nitrogens with zero attached hydrogens (tertiary/aromatic N) is 1. The molecule has 0 bridgehead atoms. The van der Waals surface area contributed by atoms with Gasteiger partial charge in [-0.15, -0.1) is 0 Å². The number of hydrogen-bond donors (Lipinski definition) is 1. The predicted molar refractivity (Wildman–Crippen MR) is 109 cm³/mol. The second-order valence-corrected chi connectivity index (χ2v) is 7.63. The van der Waals surface area contributed by atoms with Crippen molar-refractivity contribution in [2.24, 2.45) is 0 Å². The van der Waals surface area contributed by atoms with Crippen molar-refractivity contribution in [1.29, 1.82) is 0 Å². The van der Waals surface area contributed by atoms with Gasteiger partial charge in [0.2, 0.25) is 5.91 Å². The smallest absolute Gasteiger partial charge is 0.254 e. The van der Waals surface area contributed by atoms with Crippen LogP contribution in [0.1, 0.15) is 47.6 Å². The largest absolute Gasteiger partial charge is 0.486 e. The molecule has 4 rings (SSSR count). The third kappa shape index (κ3) is 4.78. The first-order valence-corrected chi connectivity index (χ1v) is 10.4. The molecule has 2 aromatic rings. The molecule has 6 nitrogen and oxygen atoms in total. The van der Waals surface area contributed by atoms with Gasteiger partial charge in [-0.2, -0.15) is 0 Å². The number of ether oxygens (including phenoxy) is 2. The topological polar surface area (TPSA) is 67.9 Å². The predicted octanol–water partition coefficient (Wildman–Crippen LogP) is 3.61. The normalized spacial score (nSPS) is 17.5. The molecule has 1 unspecified atom stereocenters. The summed E-state index contributed by atoms with van der Waals surface area (Å²) in [4.78, 5) is 26.7. The van der Waals surface area contributed by atoms with Crippen molar-refractivity contribution in [2.75, 3.05) is 26.3 Å². The third-order valence-electron chi connectivity index (χ3n) is 5.55. The van der Waals surface area contributed by atoms with Gasteiger partial charge in [-0.1, -0.05) is 6.07 Å². The molecule has 2 aliphatic rings. The molecule has 1 N–H and O–H groups in total. The summed E-state index contributed by atoms with van der Waals surface area (Å²) in [6.07, 6.45) is 2.50. The lowest BCUT2D eigenvalue weighted by molar-refractivity contribution is -0.132. The lowest BCUT2D eigenvalue weighted by atomic mass is 10.0. The zero-order chi connectivity index (χ0) is 21.8. The van der Waals surface area contributed by atoms with Crippen molar-refractivity contribution >= 4 is 11.8 Å². The molecule has 2 aliphatic heterocycles. The molecule has 0 spiro atoms. The molecule has 2 amide bonds. The Hall–Kier alpha value is -3.16. The fraction of sp³-hybridized carbons (Fsp3) is 0.391. The van der Waals surface area contributed by atoms with Crippen LogP contribution < -0.4 is 14.8 Å². The van der Waals surface area contributed by atoms with Crippen LogP contribution >= 0.6 is 0 Å². The highest BCUT2D eigenvalue weighted by Crippen LogP contribution is 2.38. The lowest BCUT2D eigenvalue weighted by Crippen LogP contribution is -2.32. The summed E-state index contributed by atoms with van der Waals surface area (Å²) in [5, 5.41) is 2.58. The van der Waals surface area contributed by atoms with E-state index in [1.807, 2.05) is 23.1 Å². The van der Waals surface area contributed by atoms with Crippen LogP contribution in [0.5, 0.6) is 11.5 Å². The highest BCUT2D eigenvalue weighted by molar-refractivity contribution is 5.94. The molecular weight excluding hydrogens is 406 g/mol. The highest BCUT2D eigenvalue weighted by Gasteiger charge is 2.30. The van der Waals surface area contributed by atoms with Crippen LogP contribution in [0.15, 0.2) is 36.4 Å². The van der Waals surface area contributed by atoms with Gasteiger partial charge in [-0.05, 0) is 49.1 Å². The van der Waals surface area contributed by atoms with Crippen molar-refractivity contribution in [2.45, 2.75) is 31.7 Å². The summed E-state index contributed by atoms with van der Waals surface area (Å²) in [6, 6.07) is 8.61. The van der Waals surface area contributed by atoms with Crippen molar-refractivity contribution in [3.05, 3.63) is 59.2 Å². The van der Waals surface area contributed by atoms with Crippen LogP contribution in [-0.2, 0) is 4.79 Å². The number of rotatable bonds is 6. The third-order valence-corrected chi connectivity index (χ3v) is 5.55. The summed E-state index contributed by atoms with van der Waals surface area (Å²) < 4.78 is 37.9. The SMILES string of the molecule is O=C(NCCCC(=O)N1CCCC1c1ccc2c(c1)OCCO2)c1ccc(F)cc1F. The first-order chi connectivity index (χ1) is 15.0. The zero-order valence-electron chi connectivity index (χ0n) is 17.0. The molecule has 0 saturated carbocycles. The Kier molecular flexibility index (Phi) is 6.34. The van der Waals surface area contributed by atoms with Gasteiger partial charge in [-0.25, -0.2) is 8.78 Å². The summed E-state index contributed by atoms with van der Waals surface area (Å²) in [6.45, 7) is 1.96. The Labute approximate surface area is 179 Å².